The van der Waals surface area contributed by atoms with Crippen LogP contribution in [0.2, 0.25) is 0 Å². The predicted molar refractivity (Wildman–Crippen MR) is 56.4 cm³/mol. The SMILES string of the molecule is CCCO[C@@H](C)C(=O)c1cc(F)ccc1F. The first kappa shape index (κ1) is 12.8. The van der Waals surface area contributed by atoms with E-state index in [2.05, 4.69) is 0 Å². The highest BCUT2D eigenvalue weighted by Crippen LogP contribution is 2.13. The summed E-state index contributed by atoms with van der Waals surface area (Å²) in [6, 6.07) is 2.81. The van der Waals surface area contributed by atoms with Gasteiger partial charge in [0.05, 0.1) is 5.56 Å². The standard InChI is InChI=1S/C12H14F2O2/c1-3-6-16-8(2)12(15)10-7-9(13)4-5-11(10)14/h4-5,7-8H,3,6H2,1-2H3/t8-/m0/s1. The van der Waals surface area contributed by atoms with Crippen molar-refractivity contribution in [3.8, 4) is 0 Å². The van der Waals surface area contributed by atoms with Gasteiger partial charge in [0.25, 0.3) is 0 Å². The van der Waals surface area contributed by atoms with E-state index in [1.807, 2.05) is 6.92 Å². The highest BCUT2D eigenvalue weighted by Gasteiger charge is 2.19. The Balaban J connectivity index is 2.83. The summed E-state index contributed by atoms with van der Waals surface area (Å²) in [6.07, 6.45) is 0.0136. The lowest BCUT2D eigenvalue weighted by molar-refractivity contribution is 0.0475. The Morgan fingerprint density at radius 1 is 1.44 bits per heavy atom. The van der Waals surface area contributed by atoms with Gasteiger partial charge in [-0.3, -0.25) is 4.79 Å². The molecule has 16 heavy (non-hydrogen) atoms. The van der Waals surface area contributed by atoms with E-state index in [0.29, 0.717) is 6.61 Å². The van der Waals surface area contributed by atoms with E-state index in [0.717, 1.165) is 24.6 Å². The van der Waals surface area contributed by atoms with Crippen molar-refractivity contribution < 1.29 is 18.3 Å². The molecule has 1 rings (SSSR count). The van der Waals surface area contributed by atoms with Gasteiger partial charge >= 0.3 is 0 Å². The highest BCUT2D eigenvalue weighted by molar-refractivity contribution is 5.99. The molecule has 4 heteroatoms. The van der Waals surface area contributed by atoms with Gasteiger partial charge in [0, 0.05) is 6.61 Å². The van der Waals surface area contributed by atoms with Crippen LogP contribution >= 0.6 is 0 Å². The number of ether oxygens (including phenoxy) is 1. The normalized spacial score (nSPS) is 12.5. The van der Waals surface area contributed by atoms with E-state index in [4.69, 9.17) is 4.74 Å². The molecule has 0 aliphatic carbocycles. The van der Waals surface area contributed by atoms with E-state index in [-0.39, 0.29) is 5.56 Å². The van der Waals surface area contributed by atoms with E-state index >= 15 is 0 Å². The first-order valence-electron chi connectivity index (χ1n) is 5.17. The van der Waals surface area contributed by atoms with E-state index in [9.17, 15) is 13.6 Å². The zero-order chi connectivity index (χ0) is 12.1. The minimum absolute atomic E-state index is 0.261. The maximum absolute atomic E-state index is 13.3. The third kappa shape index (κ3) is 3.10. The third-order valence-electron chi connectivity index (χ3n) is 2.14. The molecular weight excluding hydrogens is 214 g/mol. The van der Waals surface area contributed by atoms with E-state index in [1.165, 1.54) is 6.92 Å². The van der Waals surface area contributed by atoms with Gasteiger partial charge in [-0.1, -0.05) is 6.92 Å². The van der Waals surface area contributed by atoms with Crippen LogP contribution in [-0.2, 0) is 4.74 Å². The molecule has 0 heterocycles. The molecule has 0 saturated heterocycles. The molecule has 0 aliphatic heterocycles. The second-order valence-corrected chi connectivity index (χ2v) is 3.50. The lowest BCUT2D eigenvalue weighted by Gasteiger charge is -2.11. The van der Waals surface area contributed by atoms with Crippen LogP contribution in [0.3, 0.4) is 0 Å². The van der Waals surface area contributed by atoms with Gasteiger partial charge in [-0.2, -0.15) is 0 Å². The Labute approximate surface area is 93.2 Å². The van der Waals surface area contributed by atoms with E-state index < -0.39 is 23.5 Å². The average Bonchev–Trinajstić information content (AvgIpc) is 2.28. The van der Waals surface area contributed by atoms with Gasteiger partial charge in [-0.05, 0) is 31.5 Å². The Hall–Kier alpha value is -1.29. The van der Waals surface area contributed by atoms with Crippen molar-refractivity contribution in [2.75, 3.05) is 6.61 Å². The molecule has 0 radical (unpaired) electrons. The average molecular weight is 228 g/mol. The van der Waals surface area contributed by atoms with Crippen LogP contribution in [0.4, 0.5) is 8.78 Å². The summed E-state index contributed by atoms with van der Waals surface area (Å²) < 4.78 is 31.3. The lowest BCUT2D eigenvalue weighted by Crippen LogP contribution is -2.22. The summed E-state index contributed by atoms with van der Waals surface area (Å²) in [4.78, 5) is 11.7. The Morgan fingerprint density at radius 3 is 2.75 bits per heavy atom. The molecule has 0 aromatic heterocycles. The molecule has 0 fully saturated rings. The van der Waals surface area contributed by atoms with Crippen LogP contribution in [0.15, 0.2) is 18.2 Å². The summed E-state index contributed by atoms with van der Waals surface area (Å²) in [5, 5.41) is 0. The minimum Gasteiger partial charge on any atom is -0.370 e. The first-order chi connectivity index (χ1) is 7.56. The quantitative estimate of drug-likeness (QED) is 0.724. The largest absolute Gasteiger partial charge is 0.370 e. The molecular formula is C12H14F2O2. The van der Waals surface area contributed by atoms with Gasteiger partial charge in [0.2, 0.25) is 0 Å². The van der Waals surface area contributed by atoms with Crippen LogP contribution in [0.1, 0.15) is 30.6 Å². The van der Waals surface area contributed by atoms with Crippen LogP contribution in [0, 0.1) is 11.6 Å². The van der Waals surface area contributed by atoms with E-state index in [1.54, 1.807) is 0 Å². The van der Waals surface area contributed by atoms with Gasteiger partial charge in [0.15, 0.2) is 5.78 Å². The number of benzene rings is 1. The zero-order valence-electron chi connectivity index (χ0n) is 9.30. The lowest BCUT2D eigenvalue weighted by atomic mass is 10.1. The molecule has 1 aromatic rings. The maximum Gasteiger partial charge on any atom is 0.194 e. The summed E-state index contributed by atoms with van der Waals surface area (Å²) in [7, 11) is 0. The second kappa shape index (κ2) is 5.70. The topological polar surface area (TPSA) is 26.3 Å². The Bertz CT molecular complexity index is 377. The number of hydrogen-bond donors (Lipinski definition) is 0. The molecule has 1 aromatic carbocycles. The molecule has 0 spiro atoms. The molecule has 0 saturated carbocycles. The predicted octanol–water partition coefficient (Wildman–Crippen LogP) is 2.96. The molecule has 0 N–H and O–H groups in total. The molecule has 0 aliphatic rings. The number of Topliss-reactive ketones (excluding diaryl/α,β-unsaturated/α-hetero) is 1. The van der Waals surface area contributed by atoms with Crippen molar-refractivity contribution in [3.63, 3.8) is 0 Å². The molecule has 0 unspecified atom stereocenters. The molecule has 0 bridgehead atoms. The van der Waals surface area contributed by atoms with Crippen LogP contribution < -0.4 is 0 Å². The Morgan fingerprint density at radius 2 is 2.12 bits per heavy atom. The van der Waals surface area contributed by atoms with Crippen molar-refractivity contribution in [1.29, 1.82) is 0 Å². The number of carbonyl (C=O) groups is 1. The number of rotatable bonds is 5. The molecule has 0 amide bonds. The second-order valence-electron chi connectivity index (χ2n) is 3.50. The van der Waals surface area contributed by atoms with Gasteiger partial charge < -0.3 is 4.74 Å². The van der Waals surface area contributed by atoms with Crippen LogP contribution in [0.5, 0.6) is 0 Å². The monoisotopic (exact) mass is 228 g/mol. The fourth-order valence-electron chi connectivity index (χ4n) is 1.28. The smallest absolute Gasteiger partial charge is 0.194 e. The zero-order valence-corrected chi connectivity index (χ0v) is 9.30. The fraction of sp³-hybridized carbons (Fsp3) is 0.417. The van der Waals surface area contributed by atoms with Crippen molar-refractivity contribution in [1.82, 2.24) is 0 Å². The fourth-order valence-corrected chi connectivity index (χ4v) is 1.28. The van der Waals surface area contributed by atoms with Crippen molar-refractivity contribution >= 4 is 5.78 Å². The first-order valence-corrected chi connectivity index (χ1v) is 5.17. The summed E-state index contributed by atoms with van der Waals surface area (Å²) in [6.45, 7) is 3.85. The number of hydrogen-bond acceptors (Lipinski definition) is 2. The van der Waals surface area contributed by atoms with Crippen molar-refractivity contribution in [3.05, 3.63) is 35.4 Å². The number of ketones is 1. The number of carbonyl (C=O) groups excluding carboxylic acids is 1. The molecule has 1 atom stereocenters. The molecule has 2 nitrogen and oxygen atoms in total. The highest BCUT2D eigenvalue weighted by atomic mass is 19.1. The Kier molecular flexibility index (Phi) is 4.55. The summed E-state index contributed by atoms with van der Waals surface area (Å²) >= 11 is 0. The molecule has 88 valence electrons. The third-order valence-corrected chi connectivity index (χ3v) is 2.14. The van der Waals surface area contributed by atoms with Gasteiger partial charge in [-0.15, -0.1) is 0 Å². The van der Waals surface area contributed by atoms with Crippen LogP contribution in [-0.4, -0.2) is 18.5 Å². The van der Waals surface area contributed by atoms with Gasteiger partial charge in [-0.25, -0.2) is 8.78 Å². The maximum atomic E-state index is 13.3. The number of halogens is 2. The van der Waals surface area contributed by atoms with Crippen LogP contribution in [0.25, 0.3) is 0 Å². The van der Waals surface area contributed by atoms with Gasteiger partial charge in [0.1, 0.15) is 17.7 Å². The minimum atomic E-state index is -0.753. The van der Waals surface area contributed by atoms with Crippen molar-refractivity contribution in [2.45, 2.75) is 26.4 Å². The summed E-state index contributed by atoms with van der Waals surface area (Å²) in [5.74, 6) is -1.89. The van der Waals surface area contributed by atoms with Crippen molar-refractivity contribution in [2.24, 2.45) is 0 Å². The summed E-state index contributed by atoms with van der Waals surface area (Å²) in [5.41, 5.74) is -0.261.